The van der Waals surface area contributed by atoms with Crippen molar-refractivity contribution in [1.29, 1.82) is 0 Å². The lowest BCUT2D eigenvalue weighted by molar-refractivity contribution is -0.128. The average molecular weight is 483 g/mol. The third-order valence-electron chi connectivity index (χ3n) is 5.51. The van der Waals surface area contributed by atoms with E-state index in [1.165, 1.54) is 19.1 Å². The summed E-state index contributed by atoms with van der Waals surface area (Å²) < 4.78 is 15.7. The molecule has 172 valence electrons. The largest absolute Gasteiger partial charge is 0.348 e. The van der Waals surface area contributed by atoms with Gasteiger partial charge < -0.3 is 20.1 Å². The molecule has 2 atom stereocenters. The molecule has 2 heterocycles. The van der Waals surface area contributed by atoms with Gasteiger partial charge >= 0.3 is 0 Å². The van der Waals surface area contributed by atoms with E-state index >= 15 is 0 Å². The Balaban J connectivity index is 1.76. The first-order valence-corrected chi connectivity index (χ1v) is 11.1. The Morgan fingerprint density at radius 1 is 1.19 bits per heavy atom. The van der Waals surface area contributed by atoms with Gasteiger partial charge in [0.25, 0.3) is 5.91 Å². The summed E-state index contributed by atoms with van der Waals surface area (Å²) in [6, 6.07) is 4.82. The van der Waals surface area contributed by atoms with Crippen LogP contribution in [0.3, 0.4) is 0 Å². The van der Waals surface area contributed by atoms with E-state index in [2.05, 4.69) is 10.6 Å². The van der Waals surface area contributed by atoms with Gasteiger partial charge in [-0.2, -0.15) is 0 Å². The van der Waals surface area contributed by atoms with Crippen molar-refractivity contribution in [1.82, 2.24) is 20.1 Å². The van der Waals surface area contributed by atoms with Crippen LogP contribution in [0.4, 0.5) is 4.39 Å². The molecule has 0 aliphatic carbocycles. The van der Waals surface area contributed by atoms with Crippen molar-refractivity contribution in [2.75, 3.05) is 19.6 Å². The third-order valence-corrected chi connectivity index (χ3v) is 5.94. The van der Waals surface area contributed by atoms with Gasteiger partial charge in [0.15, 0.2) is 0 Å². The van der Waals surface area contributed by atoms with Crippen LogP contribution < -0.4 is 10.6 Å². The number of hydrogen-bond donors (Lipinski definition) is 2. The van der Waals surface area contributed by atoms with Gasteiger partial charge in [0.2, 0.25) is 11.8 Å². The smallest absolute Gasteiger partial charge is 0.268 e. The maximum atomic E-state index is 14.0. The van der Waals surface area contributed by atoms with Crippen LogP contribution in [-0.2, 0) is 16.1 Å². The van der Waals surface area contributed by atoms with E-state index in [1.807, 2.05) is 6.92 Å². The van der Waals surface area contributed by atoms with Crippen LogP contribution in [0.1, 0.15) is 42.4 Å². The Labute approximate surface area is 195 Å². The average Bonchev–Trinajstić information content (AvgIpc) is 3.37. The molecule has 1 aromatic heterocycles. The highest BCUT2D eigenvalue weighted by Crippen LogP contribution is 2.23. The molecule has 7 nitrogen and oxygen atoms in total. The highest BCUT2D eigenvalue weighted by Gasteiger charge is 2.31. The van der Waals surface area contributed by atoms with E-state index in [0.717, 1.165) is 0 Å². The van der Waals surface area contributed by atoms with Crippen LogP contribution in [0, 0.1) is 11.7 Å². The van der Waals surface area contributed by atoms with Crippen LogP contribution in [0.25, 0.3) is 0 Å². The topological polar surface area (TPSA) is 83.4 Å². The molecule has 0 bridgehead atoms. The van der Waals surface area contributed by atoms with Gasteiger partial charge in [-0.1, -0.05) is 23.2 Å². The van der Waals surface area contributed by atoms with Crippen LogP contribution in [-0.4, -0.2) is 46.8 Å². The zero-order valence-electron chi connectivity index (χ0n) is 17.8. The zero-order chi connectivity index (χ0) is 23.4. The van der Waals surface area contributed by atoms with Crippen molar-refractivity contribution in [3.05, 3.63) is 57.6 Å². The second-order valence-electron chi connectivity index (χ2n) is 7.75. The van der Waals surface area contributed by atoms with Gasteiger partial charge in [0.1, 0.15) is 11.5 Å². The van der Waals surface area contributed by atoms with Crippen LogP contribution in [0.15, 0.2) is 30.5 Å². The van der Waals surface area contributed by atoms with Crippen molar-refractivity contribution < 1.29 is 18.8 Å². The monoisotopic (exact) mass is 482 g/mol. The van der Waals surface area contributed by atoms with Crippen LogP contribution in [0.2, 0.25) is 10.0 Å². The summed E-state index contributed by atoms with van der Waals surface area (Å²) >= 11 is 12.0. The number of carbonyl (C=O) groups is 3. The summed E-state index contributed by atoms with van der Waals surface area (Å²) in [5, 5.41) is 6.29. The Kier molecular flexibility index (Phi) is 7.79. The Bertz CT molecular complexity index is 1010. The van der Waals surface area contributed by atoms with Crippen molar-refractivity contribution >= 4 is 40.9 Å². The fourth-order valence-corrected chi connectivity index (χ4v) is 4.24. The summed E-state index contributed by atoms with van der Waals surface area (Å²) in [5.41, 5.74) is 0.807. The molecule has 32 heavy (non-hydrogen) atoms. The lowest BCUT2D eigenvalue weighted by Gasteiger charge is -2.22. The molecule has 1 fully saturated rings. The van der Waals surface area contributed by atoms with Gasteiger partial charge in [0, 0.05) is 44.3 Å². The number of carbonyl (C=O) groups excluding carboxylic acids is 3. The van der Waals surface area contributed by atoms with Crippen LogP contribution in [0.5, 0.6) is 0 Å². The Hall–Kier alpha value is -2.58. The molecule has 1 saturated heterocycles. The normalized spacial score (nSPS) is 16.7. The maximum absolute atomic E-state index is 14.0. The van der Waals surface area contributed by atoms with Gasteiger partial charge in [-0.15, -0.1) is 0 Å². The van der Waals surface area contributed by atoms with E-state index in [1.54, 1.807) is 27.8 Å². The molecular formula is C22H25Cl2FN4O3. The molecule has 3 amide bonds. The minimum atomic E-state index is -0.716. The van der Waals surface area contributed by atoms with Crippen molar-refractivity contribution in [3.8, 4) is 0 Å². The third kappa shape index (κ3) is 5.81. The molecule has 10 heteroatoms. The van der Waals surface area contributed by atoms with E-state index in [-0.39, 0.29) is 35.2 Å². The van der Waals surface area contributed by atoms with Crippen molar-refractivity contribution in [2.24, 2.45) is 5.92 Å². The summed E-state index contributed by atoms with van der Waals surface area (Å²) in [6.45, 7) is 4.76. The number of amides is 3. The molecule has 0 spiro atoms. The number of aryl methyl sites for hydroxylation is 1. The number of nitrogens with one attached hydrogen (secondary N) is 2. The number of likely N-dealkylation sites (tertiary alicyclic amines) is 1. The number of rotatable bonds is 7. The van der Waals surface area contributed by atoms with Gasteiger partial charge in [0.05, 0.1) is 17.0 Å². The van der Waals surface area contributed by atoms with Gasteiger partial charge in [-0.05, 0) is 43.2 Å². The molecule has 1 aliphatic rings. The summed E-state index contributed by atoms with van der Waals surface area (Å²) in [7, 11) is 0. The molecule has 2 N–H and O–H groups in total. The molecule has 0 radical (unpaired) electrons. The summed E-state index contributed by atoms with van der Waals surface area (Å²) in [5.74, 6) is -1.65. The summed E-state index contributed by atoms with van der Waals surface area (Å²) in [6.07, 6.45) is 2.19. The Morgan fingerprint density at radius 3 is 2.56 bits per heavy atom. The number of aromatic nitrogens is 1. The molecule has 1 aromatic carbocycles. The molecule has 0 saturated carbocycles. The molecule has 2 unspecified atom stereocenters. The quantitative estimate of drug-likeness (QED) is 0.634. The lowest BCUT2D eigenvalue weighted by atomic mass is 10.0. The molecule has 1 aliphatic heterocycles. The molecule has 3 rings (SSSR count). The standard InChI is InChI=1S/C22H25Cl2FN4O3/c1-3-28-12-17(24)9-20(28)22(32)26-10-19(15-6-16(23)8-18(25)7-15)27-21(31)14-4-5-29(11-14)13(2)30/h6-9,12,14,19H,3-5,10-11H2,1-2H3,(H,26,32)(H,27,31). The zero-order valence-corrected chi connectivity index (χ0v) is 19.3. The first-order chi connectivity index (χ1) is 15.2. The fraction of sp³-hybridized carbons (Fsp3) is 0.409. The molecule has 2 aromatic rings. The van der Waals surface area contributed by atoms with E-state index in [9.17, 15) is 18.8 Å². The minimum absolute atomic E-state index is 0.0139. The number of benzene rings is 1. The second-order valence-corrected chi connectivity index (χ2v) is 8.63. The Morgan fingerprint density at radius 2 is 1.94 bits per heavy atom. The number of hydrogen-bond acceptors (Lipinski definition) is 3. The van der Waals surface area contributed by atoms with E-state index in [0.29, 0.717) is 42.3 Å². The van der Waals surface area contributed by atoms with Crippen LogP contribution >= 0.6 is 23.2 Å². The van der Waals surface area contributed by atoms with Gasteiger partial charge in [-0.25, -0.2) is 4.39 Å². The highest BCUT2D eigenvalue weighted by atomic mass is 35.5. The summed E-state index contributed by atoms with van der Waals surface area (Å²) in [4.78, 5) is 38.8. The second kappa shape index (κ2) is 10.4. The number of halogens is 3. The first kappa shape index (κ1) is 24.1. The minimum Gasteiger partial charge on any atom is -0.348 e. The van der Waals surface area contributed by atoms with E-state index in [4.69, 9.17) is 23.2 Å². The number of nitrogens with zero attached hydrogens (tertiary/aromatic N) is 2. The van der Waals surface area contributed by atoms with Crippen molar-refractivity contribution in [3.63, 3.8) is 0 Å². The maximum Gasteiger partial charge on any atom is 0.268 e. The van der Waals surface area contributed by atoms with Crippen molar-refractivity contribution in [2.45, 2.75) is 32.9 Å². The molecular weight excluding hydrogens is 458 g/mol. The SMILES string of the molecule is CCn1cc(Cl)cc1C(=O)NCC(NC(=O)C1CCN(C(C)=O)C1)c1cc(F)cc(Cl)c1. The first-order valence-electron chi connectivity index (χ1n) is 10.3. The predicted octanol–water partition coefficient (Wildman–Crippen LogP) is 3.41. The fourth-order valence-electron chi connectivity index (χ4n) is 3.79. The highest BCUT2D eigenvalue weighted by molar-refractivity contribution is 6.31. The lowest BCUT2D eigenvalue weighted by Crippen LogP contribution is -2.41. The van der Waals surface area contributed by atoms with E-state index < -0.39 is 11.9 Å². The van der Waals surface area contributed by atoms with Gasteiger partial charge in [-0.3, -0.25) is 14.4 Å². The predicted molar refractivity (Wildman–Crippen MR) is 120 cm³/mol.